The highest BCUT2D eigenvalue weighted by atomic mass is 79.9. The molecular formula is C6H4Br2O3S. The second kappa shape index (κ2) is 4.36. The molecule has 1 atom stereocenters. The lowest BCUT2D eigenvalue weighted by molar-refractivity contribution is 0.458. The van der Waals surface area contributed by atoms with E-state index in [4.69, 9.17) is 4.55 Å². The SMILES string of the molecule is O=S(O)Oc1cc(Br)cc(Br)c1. The molecule has 1 aromatic carbocycles. The molecule has 12 heavy (non-hydrogen) atoms. The third kappa shape index (κ3) is 3.22. The third-order valence-corrected chi connectivity index (χ3v) is 2.25. The van der Waals surface area contributed by atoms with Gasteiger partial charge in [0.1, 0.15) is 5.75 Å². The van der Waals surface area contributed by atoms with Gasteiger partial charge in [-0.2, -0.15) is 4.21 Å². The molecule has 0 heterocycles. The van der Waals surface area contributed by atoms with Gasteiger partial charge in [0.2, 0.25) is 0 Å². The van der Waals surface area contributed by atoms with Gasteiger partial charge in [-0.3, -0.25) is 4.55 Å². The highest BCUT2D eigenvalue weighted by Crippen LogP contribution is 2.25. The number of hydrogen-bond acceptors (Lipinski definition) is 2. The van der Waals surface area contributed by atoms with Gasteiger partial charge < -0.3 is 4.18 Å². The van der Waals surface area contributed by atoms with Gasteiger partial charge in [0.15, 0.2) is 0 Å². The summed E-state index contributed by atoms with van der Waals surface area (Å²) in [7, 11) is 0. The summed E-state index contributed by atoms with van der Waals surface area (Å²) in [4.78, 5) is 0. The molecule has 1 N–H and O–H groups in total. The van der Waals surface area contributed by atoms with E-state index in [-0.39, 0.29) is 0 Å². The highest BCUT2D eigenvalue weighted by molar-refractivity contribution is 9.11. The average molecular weight is 316 g/mol. The summed E-state index contributed by atoms with van der Waals surface area (Å²) in [5.74, 6) is 0.331. The van der Waals surface area contributed by atoms with Crippen LogP contribution in [0.25, 0.3) is 0 Å². The molecule has 0 amide bonds. The monoisotopic (exact) mass is 314 g/mol. The molecule has 0 aliphatic rings. The number of rotatable bonds is 2. The molecule has 0 spiro atoms. The molecule has 0 saturated heterocycles. The van der Waals surface area contributed by atoms with E-state index in [1.165, 1.54) is 0 Å². The van der Waals surface area contributed by atoms with Crippen molar-refractivity contribution in [2.45, 2.75) is 0 Å². The topological polar surface area (TPSA) is 46.5 Å². The summed E-state index contributed by atoms with van der Waals surface area (Å²) in [5, 5.41) is 0. The lowest BCUT2D eigenvalue weighted by Gasteiger charge is -2.00. The summed E-state index contributed by atoms with van der Waals surface area (Å²) in [6, 6.07) is 4.99. The van der Waals surface area contributed by atoms with Crippen LogP contribution in [-0.2, 0) is 11.4 Å². The largest absolute Gasteiger partial charge is 0.380 e. The van der Waals surface area contributed by atoms with Crippen LogP contribution in [0.3, 0.4) is 0 Å². The Bertz CT molecular complexity index is 295. The highest BCUT2D eigenvalue weighted by Gasteiger charge is 2.01. The molecule has 6 heteroatoms. The van der Waals surface area contributed by atoms with E-state index in [1.807, 2.05) is 0 Å². The van der Waals surface area contributed by atoms with Crippen LogP contribution in [0.15, 0.2) is 27.1 Å². The van der Waals surface area contributed by atoms with E-state index in [0.29, 0.717) is 5.75 Å². The molecule has 0 aliphatic carbocycles. The van der Waals surface area contributed by atoms with Crippen molar-refractivity contribution in [3.8, 4) is 5.75 Å². The molecule has 0 aromatic heterocycles. The fourth-order valence-corrected chi connectivity index (χ4v) is 2.17. The van der Waals surface area contributed by atoms with Crippen molar-refractivity contribution in [2.75, 3.05) is 0 Å². The predicted molar refractivity (Wildman–Crippen MR) is 53.2 cm³/mol. The van der Waals surface area contributed by atoms with E-state index in [2.05, 4.69) is 36.0 Å². The zero-order valence-corrected chi connectivity index (χ0v) is 9.65. The Morgan fingerprint density at radius 3 is 2.17 bits per heavy atom. The summed E-state index contributed by atoms with van der Waals surface area (Å²) < 4.78 is 24.8. The van der Waals surface area contributed by atoms with Crippen LogP contribution in [0.4, 0.5) is 0 Å². The van der Waals surface area contributed by atoms with Crippen molar-refractivity contribution in [3.63, 3.8) is 0 Å². The lowest BCUT2D eigenvalue weighted by atomic mass is 10.3. The second-order valence-electron chi connectivity index (χ2n) is 1.91. The second-order valence-corrected chi connectivity index (χ2v) is 4.34. The Kier molecular flexibility index (Phi) is 3.70. The smallest absolute Gasteiger partial charge is 0.357 e. The number of halogens is 2. The van der Waals surface area contributed by atoms with Crippen LogP contribution in [0.2, 0.25) is 0 Å². The molecule has 1 unspecified atom stereocenters. The van der Waals surface area contributed by atoms with Gasteiger partial charge >= 0.3 is 11.4 Å². The Balaban J connectivity index is 2.93. The van der Waals surface area contributed by atoms with Crippen LogP contribution in [0, 0.1) is 0 Å². The number of benzene rings is 1. The molecule has 0 saturated carbocycles. The predicted octanol–water partition coefficient (Wildman–Crippen LogP) is 2.73. The maximum atomic E-state index is 10.2. The molecule has 0 fully saturated rings. The van der Waals surface area contributed by atoms with Gasteiger partial charge in [0.05, 0.1) is 0 Å². The van der Waals surface area contributed by atoms with Crippen LogP contribution in [0.5, 0.6) is 5.75 Å². The first-order valence-electron chi connectivity index (χ1n) is 2.83. The van der Waals surface area contributed by atoms with E-state index in [0.717, 1.165) is 8.95 Å². The van der Waals surface area contributed by atoms with Crippen LogP contribution in [-0.4, -0.2) is 8.76 Å². The van der Waals surface area contributed by atoms with Crippen molar-refractivity contribution >= 4 is 43.2 Å². The molecule has 0 radical (unpaired) electrons. The summed E-state index contributed by atoms with van der Waals surface area (Å²) >= 11 is 4.15. The van der Waals surface area contributed by atoms with Crippen molar-refractivity contribution in [1.82, 2.24) is 0 Å². The Morgan fingerprint density at radius 2 is 1.75 bits per heavy atom. The van der Waals surface area contributed by atoms with Crippen LogP contribution >= 0.6 is 31.9 Å². The fourth-order valence-electron chi connectivity index (χ4n) is 0.659. The zero-order chi connectivity index (χ0) is 9.14. The normalized spacial score (nSPS) is 12.6. The zero-order valence-electron chi connectivity index (χ0n) is 5.66. The average Bonchev–Trinajstić information content (AvgIpc) is 1.81. The molecule has 3 nitrogen and oxygen atoms in total. The Morgan fingerprint density at radius 1 is 1.25 bits per heavy atom. The molecule has 1 aromatic rings. The minimum Gasteiger partial charge on any atom is -0.380 e. The van der Waals surface area contributed by atoms with Gasteiger partial charge in [-0.05, 0) is 18.2 Å². The van der Waals surface area contributed by atoms with Gasteiger partial charge in [-0.25, -0.2) is 0 Å². The van der Waals surface area contributed by atoms with E-state index < -0.39 is 11.4 Å². The van der Waals surface area contributed by atoms with Crippen molar-refractivity contribution in [1.29, 1.82) is 0 Å². The van der Waals surface area contributed by atoms with Gasteiger partial charge in [0.25, 0.3) is 0 Å². The fraction of sp³-hybridized carbons (Fsp3) is 0. The maximum absolute atomic E-state index is 10.2. The molecule has 1 rings (SSSR count). The quantitative estimate of drug-likeness (QED) is 0.854. The first-order valence-corrected chi connectivity index (χ1v) is 5.45. The minimum atomic E-state index is -2.27. The molecule has 0 aliphatic heterocycles. The van der Waals surface area contributed by atoms with E-state index in [9.17, 15) is 4.21 Å². The summed E-state index contributed by atoms with van der Waals surface area (Å²) in [6.45, 7) is 0. The summed E-state index contributed by atoms with van der Waals surface area (Å²) in [6.07, 6.45) is 0. The third-order valence-electron chi connectivity index (χ3n) is 1.00. The number of hydrogen-bond donors (Lipinski definition) is 1. The van der Waals surface area contributed by atoms with Crippen LogP contribution in [0.1, 0.15) is 0 Å². The maximum Gasteiger partial charge on any atom is 0.357 e. The Hall–Kier alpha value is 0.0900. The van der Waals surface area contributed by atoms with Gasteiger partial charge in [-0.1, -0.05) is 31.9 Å². The molecular weight excluding hydrogens is 312 g/mol. The van der Waals surface area contributed by atoms with Crippen molar-refractivity contribution in [2.24, 2.45) is 0 Å². The van der Waals surface area contributed by atoms with E-state index >= 15 is 0 Å². The minimum absolute atomic E-state index is 0.331. The Labute approximate surface area is 88.9 Å². The summed E-state index contributed by atoms with van der Waals surface area (Å²) in [5.41, 5.74) is 0. The van der Waals surface area contributed by atoms with E-state index in [1.54, 1.807) is 18.2 Å². The standard InChI is InChI=1S/C6H4Br2O3S/c7-4-1-5(8)3-6(2-4)11-12(9)10/h1-3H,(H,9,10). The van der Waals surface area contributed by atoms with Gasteiger partial charge in [-0.15, -0.1) is 0 Å². The van der Waals surface area contributed by atoms with Crippen molar-refractivity contribution < 1.29 is 12.9 Å². The first-order chi connectivity index (χ1) is 5.58. The molecule has 0 bridgehead atoms. The van der Waals surface area contributed by atoms with Gasteiger partial charge in [0, 0.05) is 8.95 Å². The molecule has 66 valence electrons. The first kappa shape index (κ1) is 10.2. The lowest BCUT2D eigenvalue weighted by Crippen LogP contribution is -1.96. The van der Waals surface area contributed by atoms with Crippen molar-refractivity contribution in [3.05, 3.63) is 27.1 Å². The van der Waals surface area contributed by atoms with Crippen LogP contribution < -0.4 is 4.18 Å².